The lowest BCUT2D eigenvalue weighted by Crippen LogP contribution is -2.05. The number of alkyl halides is 1. The van der Waals surface area contributed by atoms with Crippen LogP contribution in [0.3, 0.4) is 0 Å². The van der Waals surface area contributed by atoms with Gasteiger partial charge < -0.3 is 14.2 Å². The monoisotopic (exact) mass is 410 g/mol. The SMILES string of the molecule is COC(=O)/C(=C/c1cc(OC)ccc1Oc1ccc(Cl)cc1)CBr. The Labute approximate surface area is 154 Å². The highest BCUT2D eigenvalue weighted by Crippen LogP contribution is 2.31. The summed E-state index contributed by atoms with van der Waals surface area (Å²) in [5.74, 6) is 1.47. The van der Waals surface area contributed by atoms with Crippen LogP contribution < -0.4 is 9.47 Å². The lowest BCUT2D eigenvalue weighted by atomic mass is 10.1. The average Bonchev–Trinajstić information content (AvgIpc) is 2.61. The smallest absolute Gasteiger partial charge is 0.334 e. The molecule has 0 heterocycles. The first-order chi connectivity index (χ1) is 11.6. The largest absolute Gasteiger partial charge is 0.497 e. The normalized spacial score (nSPS) is 11.1. The van der Waals surface area contributed by atoms with Crippen LogP contribution in [0.2, 0.25) is 5.02 Å². The summed E-state index contributed by atoms with van der Waals surface area (Å²) in [7, 11) is 2.92. The molecule has 0 N–H and O–H groups in total. The molecule has 0 spiro atoms. The van der Waals surface area contributed by atoms with Crippen molar-refractivity contribution in [2.45, 2.75) is 0 Å². The van der Waals surface area contributed by atoms with E-state index in [9.17, 15) is 4.79 Å². The minimum atomic E-state index is -0.410. The molecule has 0 aliphatic heterocycles. The first-order valence-electron chi connectivity index (χ1n) is 7.03. The van der Waals surface area contributed by atoms with E-state index in [1.54, 1.807) is 55.7 Å². The van der Waals surface area contributed by atoms with Gasteiger partial charge in [0, 0.05) is 21.5 Å². The molecule has 126 valence electrons. The standard InChI is InChI=1S/C18H16BrClO4/c1-22-16-7-8-17(24-15-5-3-14(20)4-6-15)12(10-16)9-13(11-19)18(21)23-2/h3-10H,11H2,1-2H3/b13-9+. The Kier molecular flexibility index (Phi) is 6.70. The molecule has 0 atom stereocenters. The number of halogens is 2. The van der Waals surface area contributed by atoms with Crippen LogP contribution in [0.15, 0.2) is 48.0 Å². The van der Waals surface area contributed by atoms with Crippen molar-refractivity contribution in [3.05, 3.63) is 58.6 Å². The summed E-state index contributed by atoms with van der Waals surface area (Å²) in [6.45, 7) is 0. The van der Waals surface area contributed by atoms with Gasteiger partial charge in [-0.05, 0) is 48.5 Å². The fourth-order valence-corrected chi connectivity index (χ4v) is 2.48. The van der Waals surface area contributed by atoms with E-state index in [2.05, 4.69) is 15.9 Å². The van der Waals surface area contributed by atoms with Gasteiger partial charge in [-0.1, -0.05) is 27.5 Å². The number of methoxy groups -OCH3 is 2. The van der Waals surface area contributed by atoms with E-state index in [4.69, 9.17) is 25.8 Å². The number of esters is 1. The highest BCUT2D eigenvalue weighted by molar-refractivity contribution is 9.09. The van der Waals surface area contributed by atoms with Crippen molar-refractivity contribution in [1.82, 2.24) is 0 Å². The summed E-state index contributed by atoms with van der Waals surface area (Å²) in [5, 5.41) is 0.988. The second-order valence-corrected chi connectivity index (χ2v) is 5.75. The van der Waals surface area contributed by atoms with Crippen molar-refractivity contribution in [3.63, 3.8) is 0 Å². The lowest BCUT2D eigenvalue weighted by molar-refractivity contribution is -0.135. The number of ether oxygens (including phenoxy) is 3. The van der Waals surface area contributed by atoms with E-state index in [-0.39, 0.29) is 0 Å². The number of carbonyl (C=O) groups is 1. The van der Waals surface area contributed by atoms with Gasteiger partial charge in [0.25, 0.3) is 0 Å². The number of hydrogen-bond donors (Lipinski definition) is 0. The molecule has 0 bridgehead atoms. The summed E-state index contributed by atoms with van der Waals surface area (Å²) in [5.41, 5.74) is 1.16. The lowest BCUT2D eigenvalue weighted by Gasteiger charge is -2.11. The van der Waals surface area contributed by atoms with Gasteiger partial charge in [0.05, 0.1) is 14.2 Å². The van der Waals surface area contributed by atoms with Gasteiger partial charge in [0.15, 0.2) is 0 Å². The number of rotatable bonds is 6. The fraction of sp³-hybridized carbons (Fsp3) is 0.167. The highest BCUT2D eigenvalue weighted by Gasteiger charge is 2.12. The topological polar surface area (TPSA) is 44.8 Å². The van der Waals surface area contributed by atoms with Gasteiger partial charge in [0.1, 0.15) is 17.2 Å². The molecule has 24 heavy (non-hydrogen) atoms. The summed E-state index contributed by atoms with van der Waals surface area (Å²) >= 11 is 9.18. The van der Waals surface area contributed by atoms with Crippen LogP contribution in [0.25, 0.3) is 6.08 Å². The maximum Gasteiger partial charge on any atom is 0.334 e. The Bertz CT molecular complexity index is 741. The molecule has 0 unspecified atom stereocenters. The van der Waals surface area contributed by atoms with Crippen LogP contribution in [0.5, 0.6) is 17.2 Å². The number of hydrogen-bond acceptors (Lipinski definition) is 4. The third-order valence-corrected chi connectivity index (χ3v) is 4.04. The molecule has 0 saturated carbocycles. The minimum Gasteiger partial charge on any atom is -0.497 e. The van der Waals surface area contributed by atoms with Crippen molar-refractivity contribution >= 4 is 39.6 Å². The van der Waals surface area contributed by atoms with Gasteiger partial charge in [0.2, 0.25) is 0 Å². The summed E-state index contributed by atoms with van der Waals surface area (Å²) in [6.07, 6.45) is 1.70. The van der Waals surface area contributed by atoms with Crippen LogP contribution in [0.1, 0.15) is 5.56 Å². The van der Waals surface area contributed by atoms with E-state index in [0.717, 1.165) is 0 Å². The molecule has 2 aromatic rings. The fourth-order valence-electron chi connectivity index (χ4n) is 1.96. The Morgan fingerprint density at radius 2 is 1.79 bits per heavy atom. The average molecular weight is 412 g/mol. The predicted octanol–water partition coefficient (Wildman–Crippen LogP) is 5.09. The molecule has 0 aliphatic rings. The van der Waals surface area contributed by atoms with E-state index in [0.29, 0.717) is 38.7 Å². The van der Waals surface area contributed by atoms with E-state index in [1.807, 2.05) is 0 Å². The van der Waals surface area contributed by atoms with Crippen LogP contribution in [0, 0.1) is 0 Å². The van der Waals surface area contributed by atoms with Crippen molar-refractivity contribution in [3.8, 4) is 17.2 Å². The zero-order valence-electron chi connectivity index (χ0n) is 13.2. The number of benzene rings is 2. The highest BCUT2D eigenvalue weighted by atomic mass is 79.9. The van der Waals surface area contributed by atoms with Crippen LogP contribution in [0.4, 0.5) is 0 Å². The Hall–Kier alpha value is -1.98. The maximum atomic E-state index is 11.8. The Morgan fingerprint density at radius 1 is 1.12 bits per heavy atom. The van der Waals surface area contributed by atoms with Crippen molar-refractivity contribution in [1.29, 1.82) is 0 Å². The van der Waals surface area contributed by atoms with Crippen molar-refractivity contribution in [2.75, 3.05) is 19.5 Å². The van der Waals surface area contributed by atoms with Gasteiger partial charge >= 0.3 is 5.97 Å². The first-order valence-corrected chi connectivity index (χ1v) is 8.53. The summed E-state index contributed by atoms with van der Waals surface area (Å²) in [6, 6.07) is 12.4. The third-order valence-electron chi connectivity index (χ3n) is 3.18. The van der Waals surface area contributed by atoms with Crippen LogP contribution >= 0.6 is 27.5 Å². The molecule has 0 amide bonds. The van der Waals surface area contributed by atoms with Gasteiger partial charge in [-0.15, -0.1) is 0 Å². The van der Waals surface area contributed by atoms with Crippen molar-refractivity contribution < 1.29 is 19.0 Å². The van der Waals surface area contributed by atoms with E-state index in [1.165, 1.54) is 7.11 Å². The molecular formula is C18H16BrClO4. The molecule has 2 aromatic carbocycles. The van der Waals surface area contributed by atoms with Crippen LogP contribution in [-0.2, 0) is 9.53 Å². The molecular weight excluding hydrogens is 396 g/mol. The van der Waals surface area contributed by atoms with E-state index >= 15 is 0 Å². The molecule has 4 nitrogen and oxygen atoms in total. The quantitative estimate of drug-likeness (QED) is 0.377. The molecule has 0 fully saturated rings. The minimum absolute atomic E-state index is 0.358. The molecule has 0 radical (unpaired) electrons. The zero-order valence-corrected chi connectivity index (χ0v) is 15.6. The second-order valence-electron chi connectivity index (χ2n) is 4.75. The predicted molar refractivity (Wildman–Crippen MR) is 98.3 cm³/mol. The number of carbonyl (C=O) groups excluding carboxylic acids is 1. The van der Waals surface area contributed by atoms with Gasteiger partial charge in [-0.3, -0.25) is 0 Å². The molecule has 0 aromatic heterocycles. The van der Waals surface area contributed by atoms with Gasteiger partial charge in [-0.2, -0.15) is 0 Å². The molecule has 0 aliphatic carbocycles. The van der Waals surface area contributed by atoms with E-state index < -0.39 is 5.97 Å². The maximum absolute atomic E-state index is 11.8. The molecule has 2 rings (SSSR count). The van der Waals surface area contributed by atoms with Crippen LogP contribution in [-0.4, -0.2) is 25.5 Å². The van der Waals surface area contributed by atoms with Crippen molar-refractivity contribution in [2.24, 2.45) is 0 Å². The first kappa shape index (κ1) is 18.4. The second kappa shape index (κ2) is 8.76. The molecule has 6 heteroatoms. The summed E-state index contributed by atoms with van der Waals surface area (Å²) in [4.78, 5) is 11.8. The Morgan fingerprint density at radius 3 is 2.38 bits per heavy atom. The summed E-state index contributed by atoms with van der Waals surface area (Å²) < 4.78 is 15.9. The third kappa shape index (κ3) is 4.76. The van der Waals surface area contributed by atoms with Gasteiger partial charge in [-0.25, -0.2) is 4.79 Å². The zero-order chi connectivity index (χ0) is 17.5. The molecule has 0 saturated heterocycles. The Balaban J connectivity index is 2.42.